The van der Waals surface area contributed by atoms with Crippen LogP contribution in [0.3, 0.4) is 0 Å². The van der Waals surface area contributed by atoms with Gasteiger partial charge in [0, 0.05) is 11.4 Å². The first-order valence-electron chi connectivity index (χ1n) is 6.38. The van der Waals surface area contributed by atoms with Crippen LogP contribution in [0.4, 0.5) is 15.1 Å². The van der Waals surface area contributed by atoms with E-state index in [9.17, 15) is 4.39 Å². The zero-order valence-corrected chi connectivity index (χ0v) is 11.9. The van der Waals surface area contributed by atoms with Gasteiger partial charge in [-0.1, -0.05) is 0 Å². The van der Waals surface area contributed by atoms with E-state index in [0.717, 1.165) is 10.4 Å². The first-order chi connectivity index (χ1) is 10.1. The van der Waals surface area contributed by atoms with Gasteiger partial charge in [0.2, 0.25) is 0 Å². The van der Waals surface area contributed by atoms with Gasteiger partial charge in [0.15, 0.2) is 0 Å². The van der Waals surface area contributed by atoms with Gasteiger partial charge in [-0.25, -0.2) is 4.39 Å². The number of nitrogen functional groups attached to an aromatic ring is 1. The highest BCUT2D eigenvalue weighted by Gasteiger charge is 2.25. The van der Waals surface area contributed by atoms with Gasteiger partial charge in [-0.05, 0) is 30.2 Å². The number of thiophene rings is 1. The van der Waals surface area contributed by atoms with Gasteiger partial charge in [-0.2, -0.15) is 10.5 Å². The first kappa shape index (κ1) is 13.4. The first-order valence-corrected chi connectivity index (χ1v) is 7.20. The van der Waals surface area contributed by atoms with Crippen molar-refractivity contribution in [3.05, 3.63) is 45.6 Å². The highest BCUT2D eigenvalue weighted by molar-refractivity contribution is 7.16. The molecule has 0 atom stereocenters. The Kier molecular flexibility index (Phi) is 3.25. The SMILES string of the molecule is N#Cc1ccc(N2CCc3c(sc(N)c3C#N)C2)c(F)c1. The molecule has 0 saturated carbocycles. The van der Waals surface area contributed by atoms with E-state index < -0.39 is 5.82 Å². The zero-order chi connectivity index (χ0) is 15.0. The second kappa shape index (κ2) is 5.08. The maximum Gasteiger partial charge on any atom is 0.147 e. The van der Waals surface area contributed by atoms with Crippen LogP contribution in [0.1, 0.15) is 21.6 Å². The maximum atomic E-state index is 14.1. The lowest BCUT2D eigenvalue weighted by Gasteiger charge is -2.29. The predicted molar refractivity (Wildman–Crippen MR) is 79.3 cm³/mol. The van der Waals surface area contributed by atoms with Crippen molar-refractivity contribution < 1.29 is 4.39 Å². The molecule has 4 nitrogen and oxygen atoms in total. The predicted octanol–water partition coefficient (Wildman–Crippen LogP) is 2.78. The van der Waals surface area contributed by atoms with Crippen molar-refractivity contribution >= 4 is 22.0 Å². The molecule has 1 aliphatic heterocycles. The average Bonchev–Trinajstić information content (AvgIpc) is 2.81. The maximum absolute atomic E-state index is 14.1. The van der Waals surface area contributed by atoms with Crippen molar-refractivity contribution in [1.82, 2.24) is 0 Å². The number of hydrogen-bond acceptors (Lipinski definition) is 5. The molecule has 6 heteroatoms. The van der Waals surface area contributed by atoms with Crippen molar-refractivity contribution in [2.24, 2.45) is 0 Å². The highest BCUT2D eigenvalue weighted by atomic mass is 32.1. The summed E-state index contributed by atoms with van der Waals surface area (Å²) in [6, 6.07) is 8.54. The van der Waals surface area contributed by atoms with Crippen LogP contribution in [-0.2, 0) is 13.0 Å². The zero-order valence-electron chi connectivity index (χ0n) is 11.1. The van der Waals surface area contributed by atoms with Gasteiger partial charge < -0.3 is 10.6 Å². The summed E-state index contributed by atoms with van der Waals surface area (Å²) in [6.45, 7) is 1.16. The molecular weight excluding hydrogens is 287 g/mol. The molecule has 0 aliphatic carbocycles. The largest absolute Gasteiger partial charge is 0.389 e. The number of nitriles is 2. The molecule has 0 saturated heterocycles. The van der Waals surface area contributed by atoms with E-state index >= 15 is 0 Å². The molecule has 1 aromatic carbocycles. The monoisotopic (exact) mass is 298 g/mol. The van der Waals surface area contributed by atoms with E-state index in [2.05, 4.69) is 6.07 Å². The Morgan fingerprint density at radius 2 is 2.10 bits per heavy atom. The Hall–Kier alpha value is -2.57. The molecule has 1 aromatic heterocycles. The summed E-state index contributed by atoms with van der Waals surface area (Å²) in [7, 11) is 0. The van der Waals surface area contributed by atoms with Crippen LogP contribution in [0.2, 0.25) is 0 Å². The second-order valence-electron chi connectivity index (χ2n) is 4.80. The second-order valence-corrected chi connectivity index (χ2v) is 5.94. The average molecular weight is 298 g/mol. The Morgan fingerprint density at radius 1 is 1.29 bits per heavy atom. The number of hydrogen-bond donors (Lipinski definition) is 1. The standard InChI is InChI=1S/C15H11FN4S/c16-12-5-9(6-17)1-2-13(12)20-4-3-10-11(7-18)15(19)21-14(10)8-20/h1-2,5H,3-4,8,19H2. The van der Waals surface area contributed by atoms with Crippen LogP contribution < -0.4 is 10.6 Å². The molecule has 21 heavy (non-hydrogen) atoms. The van der Waals surface area contributed by atoms with Crippen LogP contribution in [0.25, 0.3) is 0 Å². The Labute approximate surface area is 125 Å². The van der Waals surface area contributed by atoms with E-state index in [0.29, 0.717) is 41.3 Å². The van der Waals surface area contributed by atoms with Gasteiger partial charge in [0.1, 0.15) is 16.9 Å². The minimum absolute atomic E-state index is 0.307. The Bertz CT molecular complexity index is 797. The minimum Gasteiger partial charge on any atom is -0.389 e. The van der Waals surface area contributed by atoms with Crippen LogP contribution >= 0.6 is 11.3 Å². The van der Waals surface area contributed by atoms with Crippen molar-refractivity contribution in [3.63, 3.8) is 0 Å². The molecule has 0 bridgehead atoms. The van der Waals surface area contributed by atoms with E-state index in [4.69, 9.17) is 16.3 Å². The lowest BCUT2D eigenvalue weighted by molar-refractivity contribution is 0.611. The quantitative estimate of drug-likeness (QED) is 0.878. The van der Waals surface area contributed by atoms with Crippen molar-refractivity contribution in [2.45, 2.75) is 13.0 Å². The lowest BCUT2D eigenvalue weighted by Crippen LogP contribution is -2.30. The number of fused-ring (bicyclic) bond motifs is 1. The fourth-order valence-corrected chi connectivity index (χ4v) is 3.67. The van der Waals surface area contributed by atoms with E-state index in [1.165, 1.54) is 17.4 Å². The summed E-state index contributed by atoms with van der Waals surface area (Å²) in [4.78, 5) is 2.93. The Morgan fingerprint density at radius 3 is 2.76 bits per heavy atom. The van der Waals surface area contributed by atoms with Crippen LogP contribution in [0, 0.1) is 28.5 Å². The highest BCUT2D eigenvalue weighted by Crippen LogP contribution is 2.36. The summed E-state index contributed by atoms with van der Waals surface area (Å²) in [6.07, 6.45) is 0.672. The third-order valence-electron chi connectivity index (χ3n) is 3.61. The number of benzene rings is 1. The van der Waals surface area contributed by atoms with Gasteiger partial charge >= 0.3 is 0 Å². The lowest BCUT2D eigenvalue weighted by atomic mass is 10.0. The molecule has 1 aliphatic rings. The summed E-state index contributed by atoms with van der Waals surface area (Å²) in [5.41, 5.74) is 8.19. The minimum atomic E-state index is -0.400. The Balaban J connectivity index is 1.94. The molecule has 0 radical (unpaired) electrons. The molecule has 2 heterocycles. The third-order valence-corrected chi connectivity index (χ3v) is 4.66. The van der Waals surface area contributed by atoms with Gasteiger partial charge in [-0.3, -0.25) is 0 Å². The number of anilines is 2. The van der Waals surface area contributed by atoms with E-state index in [1.54, 1.807) is 12.1 Å². The molecule has 104 valence electrons. The molecular formula is C15H11FN4S. The molecule has 0 spiro atoms. The topological polar surface area (TPSA) is 76.8 Å². The van der Waals surface area contributed by atoms with Crippen molar-refractivity contribution in [2.75, 3.05) is 17.2 Å². The molecule has 3 rings (SSSR count). The van der Waals surface area contributed by atoms with Crippen molar-refractivity contribution in [1.29, 1.82) is 10.5 Å². The third kappa shape index (κ3) is 2.20. The normalized spacial score (nSPS) is 13.4. The molecule has 2 N–H and O–H groups in total. The van der Waals surface area contributed by atoms with Crippen LogP contribution in [0.15, 0.2) is 18.2 Å². The summed E-state index contributed by atoms with van der Waals surface area (Å²) < 4.78 is 14.1. The fraction of sp³-hybridized carbons (Fsp3) is 0.200. The molecule has 0 unspecified atom stereocenters. The van der Waals surface area contributed by atoms with E-state index in [-0.39, 0.29) is 0 Å². The molecule has 0 amide bonds. The molecule has 2 aromatic rings. The number of nitrogens with two attached hydrogens (primary N) is 1. The van der Waals surface area contributed by atoms with Crippen molar-refractivity contribution in [3.8, 4) is 12.1 Å². The summed E-state index contributed by atoms with van der Waals surface area (Å²) >= 11 is 1.39. The van der Waals surface area contributed by atoms with Gasteiger partial charge in [0.25, 0.3) is 0 Å². The van der Waals surface area contributed by atoms with Gasteiger partial charge in [-0.15, -0.1) is 11.3 Å². The van der Waals surface area contributed by atoms with Crippen LogP contribution in [0.5, 0.6) is 0 Å². The van der Waals surface area contributed by atoms with E-state index in [1.807, 2.05) is 11.0 Å². The number of rotatable bonds is 1. The number of halogens is 1. The fourth-order valence-electron chi connectivity index (χ4n) is 2.59. The summed E-state index contributed by atoms with van der Waals surface area (Å²) in [5, 5.41) is 18.4. The summed E-state index contributed by atoms with van der Waals surface area (Å²) in [5.74, 6) is -0.400. The van der Waals surface area contributed by atoms with Gasteiger partial charge in [0.05, 0.1) is 29.4 Å². The number of nitrogens with zero attached hydrogens (tertiary/aromatic N) is 3. The smallest absolute Gasteiger partial charge is 0.147 e. The molecule has 0 fully saturated rings. The van der Waals surface area contributed by atoms with Crippen LogP contribution in [-0.4, -0.2) is 6.54 Å².